The number of likely N-dealkylation sites (tertiary alicyclic amines) is 1. The van der Waals surface area contributed by atoms with Crippen LogP contribution in [0.3, 0.4) is 0 Å². The quantitative estimate of drug-likeness (QED) is 0.887. The van der Waals surface area contributed by atoms with Crippen molar-refractivity contribution in [3.63, 3.8) is 0 Å². The first-order valence-electron chi connectivity index (χ1n) is 9.13. The summed E-state index contributed by atoms with van der Waals surface area (Å²) in [6.07, 6.45) is 7.32. The Bertz CT molecular complexity index is 794. The monoisotopic (exact) mass is 353 g/mol. The zero-order valence-electron chi connectivity index (χ0n) is 14.6. The predicted octanol–water partition coefficient (Wildman–Crippen LogP) is 2.71. The number of piperidine rings is 1. The number of rotatable bonds is 4. The van der Waals surface area contributed by atoms with Gasteiger partial charge in [-0.15, -0.1) is 0 Å². The lowest BCUT2D eigenvalue weighted by Crippen LogP contribution is -2.41. The molecule has 1 saturated heterocycles. The highest BCUT2D eigenvalue weighted by Crippen LogP contribution is 2.27. The summed E-state index contributed by atoms with van der Waals surface area (Å²) >= 11 is 0. The molecule has 0 spiro atoms. The lowest BCUT2D eigenvalue weighted by Gasteiger charge is -2.32. The summed E-state index contributed by atoms with van der Waals surface area (Å²) in [6.45, 7) is 2.49. The molecule has 2 aromatic rings. The predicted molar refractivity (Wildman–Crippen MR) is 98.9 cm³/mol. The van der Waals surface area contributed by atoms with Gasteiger partial charge in [0, 0.05) is 43.4 Å². The fraction of sp³-hybridized carbons (Fsp3) is 0.421. The van der Waals surface area contributed by atoms with Crippen molar-refractivity contribution < 1.29 is 9.59 Å². The van der Waals surface area contributed by atoms with E-state index in [1.165, 1.54) is 0 Å². The molecular weight excluding hydrogens is 330 g/mol. The molecule has 0 atom stereocenters. The minimum Gasteiger partial charge on any atom is -0.326 e. The van der Waals surface area contributed by atoms with E-state index in [0.717, 1.165) is 55.8 Å². The highest BCUT2D eigenvalue weighted by atomic mass is 16.2. The second-order valence-corrected chi connectivity index (χ2v) is 7.02. The van der Waals surface area contributed by atoms with Gasteiger partial charge in [0.25, 0.3) is 0 Å². The van der Waals surface area contributed by atoms with Crippen molar-refractivity contribution in [3.8, 4) is 0 Å². The van der Waals surface area contributed by atoms with E-state index in [-0.39, 0.29) is 11.9 Å². The van der Waals surface area contributed by atoms with Gasteiger partial charge in [0.2, 0.25) is 5.91 Å². The number of fused-ring (bicyclic) bond motifs is 1. The van der Waals surface area contributed by atoms with Crippen LogP contribution in [-0.2, 0) is 17.8 Å². The molecule has 0 unspecified atom stereocenters. The third kappa shape index (κ3) is 3.71. The molecule has 1 aromatic carbocycles. The van der Waals surface area contributed by atoms with Crippen molar-refractivity contribution >= 4 is 23.3 Å². The maximum atomic E-state index is 12.5. The van der Waals surface area contributed by atoms with Gasteiger partial charge < -0.3 is 15.5 Å². The van der Waals surface area contributed by atoms with E-state index in [2.05, 4.69) is 15.7 Å². The Hall–Kier alpha value is -2.83. The number of urea groups is 1. The Kier molecular flexibility index (Phi) is 4.60. The van der Waals surface area contributed by atoms with Crippen LogP contribution in [0.5, 0.6) is 0 Å². The van der Waals surface area contributed by atoms with Crippen LogP contribution in [0.4, 0.5) is 16.2 Å². The van der Waals surface area contributed by atoms with Gasteiger partial charge in [-0.25, -0.2) is 4.79 Å². The number of carbonyl (C=O) groups excluding carboxylic acids is 2. The molecule has 2 aliphatic heterocycles. The first-order valence-corrected chi connectivity index (χ1v) is 9.13. The molecule has 0 aliphatic carbocycles. The first kappa shape index (κ1) is 16.6. The van der Waals surface area contributed by atoms with Crippen LogP contribution < -0.4 is 10.6 Å². The van der Waals surface area contributed by atoms with Crippen molar-refractivity contribution in [3.05, 3.63) is 42.2 Å². The van der Waals surface area contributed by atoms with Crippen LogP contribution in [0.25, 0.3) is 0 Å². The van der Waals surface area contributed by atoms with Gasteiger partial charge in [0.15, 0.2) is 0 Å². The number of nitrogens with zero attached hydrogens (tertiary/aromatic N) is 3. The highest BCUT2D eigenvalue weighted by Gasteiger charge is 2.23. The number of benzene rings is 1. The highest BCUT2D eigenvalue weighted by molar-refractivity contribution is 6.00. The number of aryl methyl sites for hydroxylation is 1. The molecule has 4 rings (SSSR count). The summed E-state index contributed by atoms with van der Waals surface area (Å²) in [5.74, 6) is 0.640. The fourth-order valence-electron chi connectivity index (χ4n) is 3.68. The zero-order valence-corrected chi connectivity index (χ0v) is 14.6. The third-order valence-corrected chi connectivity index (χ3v) is 5.21. The van der Waals surface area contributed by atoms with Gasteiger partial charge in [0.05, 0.1) is 6.42 Å². The largest absolute Gasteiger partial charge is 0.326 e. The minimum absolute atomic E-state index is 0.000612. The second-order valence-electron chi connectivity index (χ2n) is 7.02. The SMILES string of the molecule is O=C1Cc2cc(NC(=O)N3CCC(CCn4cccn4)CC3)ccc2N1. The molecule has 136 valence electrons. The molecule has 3 heterocycles. The molecule has 7 heteroatoms. The molecule has 1 fully saturated rings. The van der Waals surface area contributed by atoms with Crippen LogP contribution >= 0.6 is 0 Å². The van der Waals surface area contributed by atoms with E-state index < -0.39 is 0 Å². The summed E-state index contributed by atoms with van der Waals surface area (Å²) in [7, 11) is 0. The molecule has 2 N–H and O–H groups in total. The number of aromatic nitrogens is 2. The molecule has 0 bridgehead atoms. The van der Waals surface area contributed by atoms with Crippen molar-refractivity contribution in [1.29, 1.82) is 0 Å². The number of anilines is 2. The number of amides is 3. The van der Waals surface area contributed by atoms with Gasteiger partial charge in [-0.3, -0.25) is 9.48 Å². The molecule has 0 saturated carbocycles. The van der Waals surface area contributed by atoms with E-state index >= 15 is 0 Å². The van der Waals surface area contributed by atoms with E-state index in [9.17, 15) is 9.59 Å². The van der Waals surface area contributed by atoms with Crippen LogP contribution in [0.15, 0.2) is 36.7 Å². The Labute approximate surface area is 152 Å². The van der Waals surface area contributed by atoms with Crippen LogP contribution in [0.1, 0.15) is 24.8 Å². The van der Waals surface area contributed by atoms with E-state index in [1.807, 2.05) is 40.0 Å². The van der Waals surface area contributed by atoms with Crippen LogP contribution in [0, 0.1) is 5.92 Å². The summed E-state index contributed by atoms with van der Waals surface area (Å²) in [5, 5.41) is 10.00. The maximum Gasteiger partial charge on any atom is 0.321 e. The molecule has 0 radical (unpaired) electrons. The lowest BCUT2D eigenvalue weighted by molar-refractivity contribution is -0.115. The Morgan fingerprint density at radius 1 is 1.31 bits per heavy atom. The molecule has 26 heavy (non-hydrogen) atoms. The number of carbonyl (C=O) groups is 2. The topological polar surface area (TPSA) is 79.3 Å². The fourth-order valence-corrected chi connectivity index (χ4v) is 3.68. The smallest absolute Gasteiger partial charge is 0.321 e. The standard InChI is InChI=1S/C19H23N5O2/c25-18-13-15-12-16(2-3-17(15)22-18)21-19(26)23-9-4-14(5-10-23)6-11-24-8-1-7-20-24/h1-3,7-8,12,14H,4-6,9-11,13H2,(H,21,26)(H,22,25). The second kappa shape index (κ2) is 7.19. The average molecular weight is 353 g/mol. The Balaban J connectivity index is 1.26. The Morgan fingerprint density at radius 2 is 2.15 bits per heavy atom. The number of hydrogen-bond acceptors (Lipinski definition) is 3. The third-order valence-electron chi connectivity index (χ3n) is 5.21. The summed E-state index contributed by atoms with van der Waals surface area (Å²) < 4.78 is 1.96. The van der Waals surface area contributed by atoms with E-state index in [1.54, 1.807) is 6.20 Å². The number of nitrogens with one attached hydrogen (secondary N) is 2. The van der Waals surface area contributed by atoms with E-state index in [4.69, 9.17) is 0 Å². The van der Waals surface area contributed by atoms with Gasteiger partial charge in [0.1, 0.15) is 0 Å². The molecule has 2 aliphatic rings. The maximum absolute atomic E-state index is 12.5. The molecule has 3 amide bonds. The van der Waals surface area contributed by atoms with Crippen molar-refractivity contribution in [1.82, 2.24) is 14.7 Å². The summed E-state index contributed by atoms with van der Waals surface area (Å²) in [6, 6.07) is 7.43. The average Bonchev–Trinajstić information content (AvgIpc) is 3.28. The van der Waals surface area contributed by atoms with Crippen molar-refractivity contribution in [2.45, 2.75) is 32.2 Å². The normalized spacial score (nSPS) is 17.1. The van der Waals surface area contributed by atoms with Gasteiger partial charge >= 0.3 is 6.03 Å². The summed E-state index contributed by atoms with van der Waals surface area (Å²) in [5.41, 5.74) is 2.52. The summed E-state index contributed by atoms with van der Waals surface area (Å²) in [4.78, 5) is 25.8. The van der Waals surface area contributed by atoms with Gasteiger partial charge in [-0.1, -0.05) is 0 Å². The van der Waals surface area contributed by atoms with Crippen molar-refractivity contribution in [2.24, 2.45) is 5.92 Å². The first-order chi connectivity index (χ1) is 12.7. The van der Waals surface area contributed by atoms with Gasteiger partial charge in [-0.2, -0.15) is 5.10 Å². The molecular formula is C19H23N5O2. The molecule has 1 aromatic heterocycles. The van der Waals surface area contributed by atoms with Crippen LogP contribution in [0.2, 0.25) is 0 Å². The van der Waals surface area contributed by atoms with Crippen molar-refractivity contribution in [2.75, 3.05) is 23.7 Å². The van der Waals surface area contributed by atoms with E-state index in [0.29, 0.717) is 12.3 Å². The molecule has 7 nitrogen and oxygen atoms in total. The zero-order chi connectivity index (χ0) is 17.9. The van der Waals surface area contributed by atoms with Gasteiger partial charge in [-0.05, 0) is 55.0 Å². The lowest BCUT2D eigenvalue weighted by atomic mass is 9.94. The minimum atomic E-state index is -0.0623. The Morgan fingerprint density at radius 3 is 2.92 bits per heavy atom. The van der Waals surface area contributed by atoms with Crippen LogP contribution in [-0.4, -0.2) is 39.7 Å². The number of hydrogen-bond donors (Lipinski definition) is 2.